The molecule has 23 heavy (non-hydrogen) atoms. The molecule has 0 atom stereocenters. The first-order chi connectivity index (χ1) is 11.1. The van der Waals surface area contributed by atoms with E-state index in [0.717, 1.165) is 37.5 Å². The highest BCUT2D eigenvalue weighted by atomic mass is 32.1. The van der Waals surface area contributed by atoms with Gasteiger partial charge in [0.1, 0.15) is 5.82 Å². The van der Waals surface area contributed by atoms with Crippen LogP contribution in [0.2, 0.25) is 0 Å². The third-order valence-corrected chi connectivity index (χ3v) is 5.18. The summed E-state index contributed by atoms with van der Waals surface area (Å²) >= 11 is 1.70. The fraction of sp³-hybridized carbons (Fsp3) is 0.389. The van der Waals surface area contributed by atoms with Gasteiger partial charge in [0.2, 0.25) is 0 Å². The van der Waals surface area contributed by atoms with Gasteiger partial charge in [-0.25, -0.2) is 4.39 Å². The summed E-state index contributed by atoms with van der Waals surface area (Å²) in [6, 6.07) is 9.11. The highest BCUT2D eigenvalue weighted by Crippen LogP contribution is 2.47. The number of nitrogens with one attached hydrogen (secondary N) is 1. The lowest BCUT2D eigenvalue weighted by Crippen LogP contribution is -2.42. The minimum absolute atomic E-state index is 0.0568. The van der Waals surface area contributed by atoms with E-state index in [0.29, 0.717) is 0 Å². The van der Waals surface area contributed by atoms with Crippen LogP contribution in [0.5, 0.6) is 0 Å². The summed E-state index contributed by atoms with van der Waals surface area (Å²) in [7, 11) is 3.84. The van der Waals surface area contributed by atoms with Gasteiger partial charge in [-0.3, -0.25) is 4.99 Å². The van der Waals surface area contributed by atoms with Crippen molar-refractivity contribution in [2.24, 2.45) is 4.99 Å². The van der Waals surface area contributed by atoms with Crippen molar-refractivity contribution in [3.8, 4) is 0 Å². The number of benzene rings is 1. The van der Waals surface area contributed by atoms with E-state index in [2.05, 4.69) is 32.0 Å². The molecule has 1 aromatic heterocycles. The monoisotopic (exact) mass is 331 g/mol. The van der Waals surface area contributed by atoms with Crippen LogP contribution in [0, 0.1) is 5.82 Å². The summed E-state index contributed by atoms with van der Waals surface area (Å²) in [5.41, 5.74) is 2.43. The first kappa shape index (κ1) is 16.0. The molecule has 0 spiro atoms. The third kappa shape index (κ3) is 3.72. The standard InChI is InChI=1S/C18H22FN3S/c1-20-17(22(2)11-14-6-9-23-12-14)21-13-18(7-8-18)15-4-3-5-16(19)10-15/h3-6,9-10,12H,7-8,11,13H2,1-2H3,(H,20,21). The molecular weight excluding hydrogens is 309 g/mol. The van der Waals surface area contributed by atoms with Gasteiger partial charge in [0, 0.05) is 32.6 Å². The highest BCUT2D eigenvalue weighted by molar-refractivity contribution is 7.07. The maximum atomic E-state index is 13.5. The van der Waals surface area contributed by atoms with Crippen molar-refractivity contribution in [2.75, 3.05) is 20.6 Å². The number of hydrogen-bond donors (Lipinski definition) is 1. The first-order valence-electron chi connectivity index (χ1n) is 7.82. The molecule has 2 aromatic rings. The summed E-state index contributed by atoms with van der Waals surface area (Å²) < 4.78 is 13.5. The molecule has 3 nitrogen and oxygen atoms in total. The molecule has 1 aliphatic carbocycles. The fourth-order valence-corrected chi connectivity index (χ4v) is 3.56. The quantitative estimate of drug-likeness (QED) is 0.669. The molecule has 0 radical (unpaired) electrons. The normalized spacial score (nSPS) is 16.2. The number of halogens is 1. The maximum Gasteiger partial charge on any atom is 0.193 e. The second-order valence-electron chi connectivity index (χ2n) is 6.18. The summed E-state index contributed by atoms with van der Waals surface area (Å²) in [5, 5.41) is 7.70. The summed E-state index contributed by atoms with van der Waals surface area (Å²) in [5.74, 6) is 0.714. The van der Waals surface area contributed by atoms with Gasteiger partial charge in [-0.15, -0.1) is 0 Å². The first-order valence-corrected chi connectivity index (χ1v) is 8.76. The summed E-state index contributed by atoms with van der Waals surface area (Å²) in [4.78, 5) is 6.49. The van der Waals surface area contributed by atoms with Crippen LogP contribution in [0.4, 0.5) is 4.39 Å². The minimum atomic E-state index is -0.160. The predicted molar refractivity (Wildman–Crippen MR) is 94.5 cm³/mol. The van der Waals surface area contributed by atoms with Crippen molar-refractivity contribution in [1.82, 2.24) is 10.2 Å². The van der Waals surface area contributed by atoms with Crippen LogP contribution in [0.15, 0.2) is 46.1 Å². The van der Waals surface area contributed by atoms with E-state index >= 15 is 0 Å². The Morgan fingerprint density at radius 3 is 2.83 bits per heavy atom. The molecule has 1 saturated carbocycles. The number of guanidine groups is 1. The number of nitrogens with zero attached hydrogens (tertiary/aromatic N) is 2. The van der Waals surface area contributed by atoms with E-state index in [1.165, 1.54) is 11.6 Å². The van der Waals surface area contributed by atoms with E-state index < -0.39 is 0 Å². The van der Waals surface area contributed by atoms with Crippen LogP contribution in [-0.4, -0.2) is 31.5 Å². The van der Waals surface area contributed by atoms with Crippen molar-refractivity contribution in [1.29, 1.82) is 0 Å². The van der Waals surface area contributed by atoms with Crippen LogP contribution >= 0.6 is 11.3 Å². The van der Waals surface area contributed by atoms with Gasteiger partial charge in [-0.2, -0.15) is 11.3 Å². The van der Waals surface area contributed by atoms with Crippen LogP contribution < -0.4 is 5.32 Å². The largest absolute Gasteiger partial charge is 0.355 e. The Hall–Kier alpha value is -1.88. The Morgan fingerprint density at radius 2 is 2.22 bits per heavy atom. The Bertz CT molecular complexity index is 677. The molecule has 1 fully saturated rings. The molecule has 0 unspecified atom stereocenters. The highest BCUT2D eigenvalue weighted by Gasteiger charge is 2.44. The zero-order valence-electron chi connectivity index (χ0n) is 13.6. The average Bonchev–Trinajstić information content (AvgIpc) is 3.16. The Kier molecular flexibility index (Phi) is 4.66. The zero-order valence-corrected chi connectivity index (χ0v) is 14.4. The molecule has 5 heteroatoms. The Labute approximate surface area is 140 Å². The fourth-order valence-electron chi connectivity index (χ4n) is 2.90. The second-order valence-corrected chi connectivity index (χ2v) is 6.96. The zero-order chi connectivity index (χ0) is 16.3. The molecule has 1 heterocycles. The van der Waals surface area contributed by atoms with Crippen LogP contribution in [-0.2, 0) is 12.0 Å². The van der Waals surface area contributed by atoms with E-state index in [-0.39, 0.29) is 11.2 Å². The molecule has 3 rings (SSSR count). The molecule has 0 aliphatic heterocycles. The van der Waals surface area contributed by atoms with Gasteiger partial charge < -0.3 is 10.2 Å². The lowest BCUT2D eigenvalue weighted by molar-refractivity contribution is 0.470. The van der Waals surface area contributed by atoms with Crippen LogP contribution in [0.1, 0.15) is 24.0 Å². The van der Waals surface area contributed by atoms with Gasteiger partial charge in [-0.05, 0) is 52.9 Å². The molecule has 1 aromatic carbocycles. The third-order valence-electron chi connectivity index (χ3n) is 4.45. The van der Waals surface area contributed by atoms with E-state index in [9.17, 15) is 4.39 Å². The topological polar surface area (TPSA) is 27.6 Å². The number of thiophene rings is 1. The summed E-state index contributed by atoms with van der Waals surface area (Å²) in [6.45, 7) is 1.62. The number of rotatable bonds is 5. The van der Waals surface area contributed by atoms with Crippen molar-refractivity contribution >= 4 is 17.3 Å². The molecule has 0 bridgehead atoms. The van der Waals surface area contributed by atoms with Crippen molar-refractivity contribution in [3.05, 3.63) is 58.0 Å². The van der Waals surface area contributed by atoms with Gasteiger partial charge in [0.25, 0.3) is 0 Å². The Morgan fingerprint density at radius 1 is 1.39 bits per heavy atom. The summed E-state index contributed by atoms with van der Waals surface area (Å²) in [6.07, 6.45) is 2.18. The van der Waals surface area contributed by atoms with Crippen LogP contribution in [0.25, 0.3) is 0 Å². The lowest BCUT2D eigenvalue weighted by Gasteiger charge is -2.24. The molecule has 122 valence electrons. The van der Waals surface area contributed by atoms with Crippen molar-refractivity contribution < 1.29 is 4.39 Å². The smallest absolute Gasteiger partial charge is 0.193 e. The minimum Gasteiger partial charge on any atom is -0.355 e. The average molecular weight is 331 g/mol. The molecule has 0 saturated heterocycles. The van der Waals surface area contributed by atoms with Gasteiger partial charge >= 0.3 is 0 Å². The predicted octanol–water partition coefficient (Wildman–Crippen LogP) is 3.63. The van der Waals surface area contributed by atoms with Crippen LogP contribution in [0.3, 0.4) is 0 Å². The SMILES string of the molecule is CN=C(NCC1(c2cccc(F)c2)CC1)N(C)Cc1ccsc1. The molecule has 1 N–H and O–H groups in total. The van der Waals surface area contributed by atoms with Gasteiger partial charge in [-0.1, -0.05) is 12.1 Å². The van der Waals surface area contributed by atoms with Crippen molar-refractivity contribution in [3.63, 3.8) is 0 Å². The second kappa shape index (κ2) is 6.71. The van der Waals surface area contributed by atoms with Gasteiger partial charge in [0.05, 0.1) is 0 Å². The molecule has 1 aliphatic rings. The number of aliphatic imine (C=N–C) groups is 1. The molecule has 0 amide bonds. The van der Waals surface area contributed by atoms with E-state index in [4.69, 9.17) is 0 Å². The number of hydrogen-bond acceptors (Lipinski definition) is 2. The van der Waals surface area contributed by atoms with E-state index in [1.54, 1.807) is 30.5 Å². The lowest BCUT2D eigenvalue weighted by atomic mass is 9.96. The van der Waals surface area contributed by atoms with Gasteiger partial charge in [0.15, 0.2) is 5.96 Å². The molecular formula is C18H22FN3S. The van der Waals surface area contributed by atoms with Crippen molar-refractivity contribution in [2.45, 2.75) is 24.8 Å². The maximum absolute atomic E-state index is 13.5. The Balaban J connectivity index is 1.62. The van der Waals surface area contributed by atoms with E-state index in [1.807, 2.05) is 13.1 Å².